The second kappa shape index (κ2) is 13.6. The van der Waals surface area contributed by atoms with Gasteiger partial charge in [0.25, 0.3) is 5.19 Å². The van der Waals surface area contributed by atoms with Crippen molar-refractivity contribution in [2.75, 3.05) is 6.54 Å². The van der Waals surface area contributed by atoms with Crippen LogP contribution in [-0.4, -0.2) is 59.3 Å². The molecule has 9 nitrogen and oxygen atoms in total. The molecule has 3 heterocycles. The van der Waals surface area contributed by atoms with Crippen molar-refractivity contribution in [2.45, 2.75) is 101 Å². The van der Waals surface area contributed by atoms with E-state index in [4.69, 9.17) is 4.74 Å². The summed E-state index contributed by atoms with van der Waals surface area (Å²) in [6.07, 6.45) is 11.0. The number of nitrogens with one attached hydrogen (secondary N) is 1. The number of aryl methyl sites for hydroxylation is 1. The number of hydrogen-bond acceptors (Lipinski definition) is 8. The molecule has 0 spiro atoms. The van der Waals surface area contributed by atoms with Crippen LogP contribution in [-0.2, 0) is 30.8 Å². The SMILES string of the molecule is CC1(S(=O)(=O)NC(=O)[C@]23CC(=O)[C@@H]4C[C@@H](Oc5nc6ccccc6s5)CN4C(=O)[C@@H](CCc4ccccc4)CCCCC/C=C\[C@@H]2C3)CC1. The quantitative estimate of drug-likeness (QED) is 0.270. The molecule has 0 bridgehead atoms. The lowest BCUT2D eigenvalue weighted by Gasteiger charge is -2.29. The maximum atomic E-state index is 14.5. The molecule has 2 aliphatic carbocycles. The number of Topliss-reactive ketones (excluding diaryl/α,β-unsaturated/α-hetero) is 1. The van der Waals surface area contributed by atoms with Crippen LogP contribution in [0, 0.1) is 17.3 Å². The second-order valence-corrected chi connectivity index (χ2v) is 17.9. The summed E-state index contributed by atoms with van der Waals surface area (Å²) in [6, 6.07) is 17.2. The van der Waals surface area contributed by atoms with E-state index in [-0.39, 0.29) is 36.5 Å². The molecular weight excluding hydrogens is 659 g/mol. The van der Waals surface area contributed by atoms with Crippen molar-refractivity contribution in [3.63, 3.8) is 0 Å². The first-order valence-electron chi connectivity index (χ1n) is 17.7. The first kappa shape index (κ1) is 33.9. The third-order valence-electron chi connectivity index (χ3n) is 11.1. The molecule has 11 heteroatoms. The highest BCUT2D eigenvalue weighted by Gasteiger charge is 2.62. The van der Waals surface area contributed by atoms with E-state index in [1.165, 1.54) is 16.9 Å². The van der Waals surface area contributed by atoms with Gasteiger partial charge in [-0.05, 0) is 81.9 Å². The Bertz CT molecular complexity index is 1820. The standard InChI is InChI=1S/C38H45N3O6S2/c1-37(20-21-37)49(45,46)40-35(44)38-23-28(38)15-9-4-2-3-8-14-27(19-18-26-12-6-5-7-13-26)34(43)41-25-29(22-31(41)32(42)24-38)47-36-39-30-16-10-11-17-33(30)48-36/h5-7,9-13,15-17,27-29,31H,2-4,8,14,18-25H2,1H3,(H,40,44)/b15-9-/t27-,28-,29-,31+,38-/m1/s1. The monoisotopic (exact) mass is 703 g/mol. The maximum Gasteiger partial charge on any atom is 0.274 e. The highest BCUT2D eigenvalue weighted by Crippen LogP contribution is 2.57. The predicted molar refractivity (Wildman–Crippen MR) is 189 cm³/mol. The Morgan fingerprint density at radius 2 is 1.84 bits per heavy atom. The molecule has 2 saturated carbocycles. The van der Waals surface area contributed by atoms with E-state index in [0.717, 1.165) is 48.7 Å². The van der Waals surface area contributed by atoms with Crippen LogP contribution in [0.2, 0.25) is 0 Å². The second-order valence-electron chi connectivity index (χ2n) is 14.7. The van der Waals surface area contributed by atoms with Gasteiger partial charge in [0.05, 0.1) is 33.0 Å². The fourth-order valence-electron chi connectivity index (χ4n) is 7.53. The summed E-state index contributed by atoms with van der Waals surface area (Å²) in [7, 11) is -3.87. The van der Waals surface area contributed by atoms with Gasteiger partial charge in [0.15, 0.2) is 5.78 Å². The van der Waals surface area contributed by atoms with Crippen molar-refractivity contribution in [3.8, 4) is 5.19 Å². The molecule has 3 aromatic rings. The highest BCUT2D eigenvalue weighted by molar-refractivity contribution is 7.91. The summed E-state index contributed by atoms with van der Waals surface area (Å²) in [5.41, 5.74) is 0.851. The van der Waals surface area contributed by atoms with E-state index in [1.807, 2.05) is 48.5 Å². The summed E-state index contributed by atoms with van der Waals surface area (Å²) in [4.78, 5) is 49.1. The average Bonchev–Trinajstić information content (AvgIpc) is 3.89. The lowest BCUT2D eigenvalue weighted by Crippen LogP contribution is -2.47. The number of carbonyl (C=O) groups is 3. The summed E-state index contributed by atoms with van der Waals surface area (Å²) in [5, 5.41) is 0.497. The Labute approximate surface area is 292 Å². The number of aromatic nitrogens is 1. The van der Waals surface area contributed by atoms with Crippen LogP contribution in [0.15, 0.2) is 66.7 Å². The van der Waals surface area contributed by atoms with E-state index in [0.29, 0.717) is 37.3 Å². The number of ether oxygens (including phenoxy) is 1. The van der Waals surface area contributed by atoms with Crippen molar-refractivity contribution in [1.82, 2.24) is 14.6 Å². The molecular formula is C38H45N3O6S2. The largest absolute Gasteiger partial charge is 0.465 e. The summed E-state index contributed by atoms with van der Waals surface area (Å²) in [6.45, 7) is 1.90. The van der Waals surface area contributed by atoms with Crippen LogP contribution in [0.25, 0.3) is 10.2 Å². The maximum absolute atomic E-state index is 14.5. The molecule has 2 aromatic carbocycles. The smallest absolute Gasteiger partial charge is 0.274 e. The molecule has 1 N–H and O–H groups in total. The lowest BCUT2D eigenvalue weighted by molar-refractivity contribution is -0.142. The number of hydrogen-bond donors (Lipinski definition) is 1. The number of benzene rings is 2. The van der Waals surface area contributed by atoms with E-state index in [1.54, 1.807) is 11.8 Å². The number of amides is 2. The first-order valence-corrected chi connectivity index (χ1v) is 20.0. The number of carbonyl (C=O) groups excluding carboxylic acids is 3. The molecule has 0 unspecified atom stereocenters. The van der Waals surface area contributed by atoms with E-state index in [9.17, 15) is 22.8 Å². The van der Waals surface area contributed by atoms with E-state index < -0.39 is 38.2 Å². The molecule has 3 fully saturated rings. The number of sulfonamides is 1. The molecule has 7 rings (SSSR count). The van der Waals surface area contributed by atoms with Crippen LogP contribution in [0.1, 0.15) is 83.1 Å². The van der Waals surface area contributed by atoms with Crippen LogP contribution in [0.3, 0.4) is 0 Å². The Kier molecular flexibility index (Phi) is 9.43. The minimum absolute atomic E-state index is 0.0484. The molecule has 260 valence electrons. The number of nitrogens with zero attached hydrogens (tertiary/aromatic N) is 2. The fourth-order valence-corrected chi connectivity index (χ4v) is 9.74. The van der Waals surface area contributed by atoms with E-state index >= 15 is 0 Å². The normalized spacial score (nSPS) is 29.3. The van der Waals surface area contributed by atoms with Crippen molar-refractivity contribution in [1.29, 1.82) is 0 Å². The number of para-hydroxylation sites is 1. The zero-order chi connectivity index (χ0) is 34.2. The van der Waals surface area contributed by atoms with Gasteiger partial charge < -0.3 is 9.64 Å². The average molecular weight is 704 g/mol. The number of fused-ring (bicyclic) bond motifs is 3. The van der Waals surface area contributed by atoms with Crippen molar-refractivity contribution >= 4 is 49.2 Å². The van der Waals surface area contributed by atoms with Crippen LogP contribution >= 0.6 is 11.3 Å². The van der Waals surface area contributed by atoms with E-state index in [2.05, 4.69) is 27.9 Å². The molecule has 2 aliphatic heterocycles. The van der Waals surface area contributed by atoms with Crippen molar-refractivity contribution in [2.24, 2.45) is 17.3 Å². The molecule has 2 amide bonds. The van der Waals surface area contributed by atoms with Gasteiger partial charge in [0, 0.05) is 18.8 Å². The molecule has 4 aliphatic rings. The minimum Gasteiger partial charge on any atom is -0.465 e. The van der Waals surface area contributed by atoms with Crippen LogP contribution < -0.4 is 9.46 Å². The summed E-state index contributed by atoms with van der Waals surface area (Å²) in [5.74, 6) is -1.36. The van der Waals surface area contributed by atoms with Gasteiger partial charge in [-0.3, -0.25) is 19.1 Å². The van der Waals surface area contributed by atoms with Gasteiger partial charge in [-0.2, -0.15) is 0 Å². The van der Waals surface area contributed by atoms with Gasteiger partial charge >= 0.3 is 0 Å². The van der Waals surface area contributed by atoms with Crippen LogP contribution in [0.5, 0.6) is 5.19 Å². The third-order valence-corrected chi connectivity index (χ3v) is 14.2. The molecule has 1 aromatic heterocycles. The molecule has 1 saturated heterocycles. The first-order chi connectivity index (χ1) is 23.6. The highest BCUT2D eigenvalue weighted by atomic mass is 32.2. The topological polar surface area (TPSA) is 123 Å². The van der Waals surface area contributed by atoms with Gasteiger partial charge in [0.1, 0.15) is 6.10 Å². The predicted octanol–water partition coefficient (Wildman–Crippen LogP) is 6.38. The summed E-state index contributed by atoms with van der Waals surface area (Å²) >= 11 is 1.44. The number of ketones is 1. The van der Waals surface area contributed by atoms with Gasteiger partial charge in [0.2, 0.25) is 21.8 Å². The number of allylic oxidation sites excluding steroid dienone is 2. The molecule has 5 atom stereocenters. The Morgan fingerprint density at radius 1 is 1.06 bits per heavy atom. The molecule has 0 radical (unpaired) electrons. The number of rotatable bonds is 8. The third kappa shape index (κ3) is 7.20. The Balaban J connectivity index is 1.16. The van der Waals surface area contributed by atoms with Crippen molar-refractivity contribution < 1.29 is 27.5 Å². The fraction of sp³-hybridized carbons (Fsp3) is 0.526. The van der Waals surface area contributed by atoms with Gasteiger partial charge in [-0.1, -0.05) is 78.8 Å². The number of thiazole rings is 1. The van der Waals surface area contributed by atoms with Crippen LogP contribution in [0.4, 0.5) is 0 Å². The molecule has 49 heavy (non-hydrogen) atoms. The van der Waals surface area contributed by atoms with Gasteiger partial charge in [-0.15, -0.1) is 0 Å². The zero-order valence-corrected chi connectivity index (χ0v) is 29.6. The zero-order valence-electron chi connectivity index (χ0n) is 28.0. The lowest BCUT2D eigenvalue weighted by atomic mass is 9.90. The minimum atomic E-state index is -3.87. The van der Waals surface area contributed by atoms with Gasteiger partial charge in [-0.25, -0.2) is 13.4 Å². The Hall–Kier alpha value is -3.57. The van der Waals surface area contributed by atoms with Crippen molar-refractivity contribution in [3.05, 3.63) is 72.3 Å². The summed E-state index contributed by atoms with van der Waals surface area (Å²) < 4.78 is 35.0. The Morgan fingerprint density at radius 3 is 2.61 bits per heavy atom.